The standard InChI is InChI=1S/C57H99N15O13/c1-8-15-37(63-45(75)19-14-13-16-33(5)9-2)52(80)72-47(35(7)74)57(85)68-40(22-27-60)49(77)67-42-24-29-62-56(84)46(34(6)73)71-53(81)41(23-28-61)65-48(76)38(20-25-58)66-54(82)43(30-32(3)4)69-55(83)44(31-36-17-11-10-12-18-36)70-50(78)39(21-26-59)64-51(42)79/h10-12,17-18,32-35,37-44,46-47,73-74H,8-9,13-16,19-31,58-61H2,1-7H3,(H,62,84)(H,63,75)(H,64,79)(H,65,76)(H,66,82)(H,67,77)(H,68,85)(H,69,83)(H,70,78)(H,71,81)(H,72,80)/t33-,34+,35+,37-,38-,39-,40-,41-,42-,43-,44+,46-,47-/m0/s1. The highest BCUT2D eigenvalue weighted by Gasteiger charge is 2.37. The van der Waals surface area contributed by atoms with Gasteiger partial charge in [0.1, 0.15) is 60.4 Å². The molecule has 1 heterocycles. The molecule has 21 N–H and O–H groups in total. The Bertz CT molecular complexity index is 2310. The van der Waals surface area contributed by atoms with E-state index in [1.807, 2.05) is 0 Å². The number of nitrogens with two attached hydrogens (primary N) is 4. The number of unbranched alkanes of at least 4 members (excludes halogenated alkanes) is 1. The summed E-state index contributed by atoms with van der Waals surface area (Å²) in [6, 6.07) is -5.98. The van der Waals surface area contributed by atoms with Crippen molar-refractivity contribution >= 4 is 65.0 Å². The number of hydrogen-bond acceptors (Lipinski definition) is 17. The van der Waals surface area contributed by atoms with Gasteiger partial charge in [0, 0.05) is 19.4 Å². The minimum absolute atomic E-state index is 0.0490. The van der Waals surface area contributed by atoms with E-state index in [1.54, 1.807) is 51.1 Å². The summed E-state index contributed by atoms with van der Waals surface area (Å²) < 4.78 is 0. The van der Waals surface area contributed by atoms with E-state index < -0.39 is 145 Å². The molecule has 0 radical (unpaired) electrons. The van der Waals surface area contributed by atoms with E-state index >= 15 is 0 Å². The molecule has 2 rings (SSSR count). The third-order valence-electron chi connectivity index (χ3n) is 14.4. The molecule has 480 valence electrons. The van der Waals surface area contributed by atoms with Gasteiger partial charge in [-0.3, -0.25) is 52.7 Å². The molecule has 1 fully saturated rings. The maximum Gasteiger partial charge on any atom is 0.245 e. The number of aliphatic hydroxyl groups is 2. The van der Waals surface area contributed by atoms with Crippen molar-refractivity contribution in [2.75, 3.05) is 32.7 Å². The van der Waals surface area contributed by atoms with Gasteiger partial charge >= 0.3 is 0 Å². The van der Waals surface area contributed by atoms with Crippen molar-refractivity contribution in [1.29, 1.82) is 0 Å². The Balaban J connectivity index is 2.67. The summed E-state index contributed by atoms with van der Waals surface area (Å²) in [7, 11) is 0. The van der Waals surface area contributed by atoms with E-state index in [9.17, 15) is 63.0 Å². The smallest absolute Gasteiger partial charge is 0.245 e. The molecule has 11 amide bonds. The molecule has 28 heteroatoms. The van der Waals surface area contributed by atoms with E-state index in [2.05, 4.69) is 72.3 Å². The van der Waals surface area contributed by atoms with E-state index in [4.69, 9.17) is 22.9 Å². The average Bonchev–Trinajstić information content (AvgIpc) is 3.65. The minimum Gasteiger partial charge on any atom is -0.391 e. The summed E-state index contributed by atoms with van der Waals surface area (Å²) in [5, 5.41) is 49.9. The Kier molecular flexibility index (Phi) is 34.7. The van der Waals surface area contributed by atoms with Crippen LogP contribution in [0.5, 0.6) is 0 Å². The van der Waals surface area contributed by atoms with Crippen molar-refractivity contribution in [3.8, 4) is 0 Å². The Hall–Kier alpha value is -6.85. The molecule has 0 bridgehead atoms. The van der Waals surface area contributed by atoms with E-state index in [-0.39, 0.29) is 89.4 Å². The molecule has 13 atom stereocenters. The van der Waals surface area contributed by atoms with Crippen LogP contribution in [0.4, 0.5) is 0 Å². The lowest BCUT2D eigenvalue weighted by atomic mass is 10.00. The normalized spacial score (nSPS) is 22.9. The van der Waals surface area contributed by atoms with Crippen molar-refractivity contribution in [3.05, 3.63) is 35.9 Å². The first kappa shape index (κ1) is 74.3. The first-order valence-corrected chi connectivity index (χ1v) is 29.8. The minimum atomic E-state index is -1.68. The highest BCUT2D eigenvalue weighted by molar-refractivity contribution is 5.99. The van der Waals surface area contributed by atoms with Crippen LogP contribution in [-0.4, -0.2) is 181 Å². The summed E-state index contributed by atoms with van der Waals surface area (Å²) in [6.07, 6.45) is -0.136. The van der Waals surface area contributed by atoms with Gasteiger partial charge in [-0.2, -0.15) is 0 Å². The summed E-state index contributed by atoms with van der Waals surface area (Å²) in [5.41, 5.74) is 24.2. The van der Waals surface area contributed by atoms with Gasteiger partial charge in [0.15, 0.2) is 0 Å². The Morgan fingerprint density at radius 2 is 1.09 bits per heavy atom. The number of benzene rings is 1. The SMILES string of the molecule is CCC[C@H](NC(=O)CCCC[C@@H](C)CC)C(=O)N[C@H](C(=O)N[C@@H](CCN)C(=O)N[C@H]1CCNC(=O)[C@H]([C@@H](C)O)NC(=O)[C@H](CCN)NC(=O)[C@H](CCN)NC(=O)[C@H](CC(C)C)NC(=O)[C@@H](Cc2ccccc2)NC(=O)[C@H](CCN)NC1=O)[C@@H](C)O. The fourth-order valence-electron chi connectivity index (χ4n) is 9.24. The topological polar surface area (TPSA) is 465 Å². The lowest BCUT2D eigenvalue weighted by Gasteiger charge is -2.29. The molecule has 1 aromatic carbocycles. The lowest BCUT2D eigenvalue weighted by molar-refractivity contribution is -0.137. The zero-order chi connectivity index (χ0) is 63.8. The summed E-state index contributed by atoms with van der Waals surface area (Å²) in [4.78, 5) is 154. The molecule has 28 nitrogen and oxygen atoms in total. The van der Waals surface area contributed by atoms with Crippen LogP contribution in [0, 0.1) is 11.8 Å². The molecule has 1 saturated heterocycles. The molecule has 0 aliphatic carbocycles. The first-order chi connectivity index (χ1) is 40.3. The largest absolute Gasteiger partial charge is 0.391 e. The highest BCUT2D eigenvalue weighted by atomic mass is 16.3. The zero-order valence-corrected chi connectivity index (χ0v) is 50.6. The van der Waals surface area contributed by atoms with Crippen molar-refractivity contribution in [3.63, 3.8) is 0 Å². The first-order valence-electron chi connectivity index (χ1n) is 29.8. The molecule has 0 saturated carbocycles. The molecule has 85 heavy (non-hydrogen) atoms. The fourth-order valence-corrected chi connectivity index (χ4v) is 9.24. The summed E-state index contributed by atoms with van der Waals surface area (Å²) in [5.74, 6) is -9.21. The number of carbonyl (C=O) groups excluding carboxylic acids is 11. The molecule has 0 spiro atoms. The molecule has 0 aromatic heterocycles. The van der Waals surface area contributed by atoms with Gasteiger partial charge < -0.3 is 91.6 Å². The van der Waals surface area contributed by atoms with Crippen LogP contribution in [0.2, 0.25) is 0 Å². The van der Waals surface area contributed by atoms with Gasteiger partial charge in [0.25, 0.3) is 0 Å². The van der Waals surface area contributed by atoms with Crippen LogP contribution >= 0.6 is 0 Å². The van der Waals surface area contributed by atoms with Gasteiger partial charge in [-0.1, -0.05) is 90.6 Å². The fraction of sp³-hybridized carbons (Fsp3) is 0.702. The molecule has 1 aliphatic heterocycles. The highest BCUT2D eigenvalue weighted by Crippen LogP contribution is 2.14. The molecule has 1 aromatic rings. The van der Waals surface area contributed by atoms with Crippen LogP contribution in [0.15, 0.2) is 30.3 Å². The number of rotatable bonds is 29. The van der Waals surface area contributed by atoms with Crippen molar-refractivity contribution in [2.24, 2.45) is 34.8 Å². The number of hydrogen-bond donors (Lipinski definition) is 17. The maximum atomic E-state index is 14.5. The molecule has 1 aliphatic rings. The Morgan fingerprint density at radius 1 is 0.576 bits per heavy atom. The van der Waals surface area contributed by atoms with Crippen LogP contribution in [0.1, 0.15) is 138 Å². The number of nitrogens with one attached hydrogen (secondary N) is 11. The van der Waals surface area contributed by atoms with Crippen LogP contribution < -0.4 is 81.4 Å². The average molecular weight is 1200 g/mol. The third-order valence-corrected chi connectivity index (χ3v) is 14.4. The Morgan fingerprint density at radius 3 is 1.61 bits per heavy atom. The second-order valence-electron chi connectivity index (χ2n) is 22.3. The maximum absolute atomic E-state index is 14.5. The predicted octanol–water partition coefficient (Wildman–Crippen LogP) is -3.79. The van der Waals surface area contributed by atoms with Crippen LogP contribution in [0.3, 0.4) is 0 Å². The zero-order valence-electron chi connectivity index (χ0n) is 50.6. The van der Waals surface area contributed by atoms with Gasteiger partial charge in [0.2, 0.25) is 65.0 Å². The quantitative estimate of drug-likeness (QED) is 0.0342. The van der Waals surface area contributed by atoms with Gasteiger partial charge in [0.05, 0.1) is 12.2 Å². The van der Waals surface area contributed by atoms with Crippen molar-refractivity contribution in [2.45, 2.75) is 211 Å². The number of carbonyl (C=O) groups is 11. The molecule has 0 unspecified atom stereocenters. The van der Waals surface area contributed by atoms with Crippen LogP contribution in [-0.2, 0) is 59.2 Å². The summed E-state index contributed by atoms with van der Waals surface area (Å²) >= 11 is 0. The van der Waals surface area contributed by atoms with Crippen molar-refractivity contribution in [1.82, 2.24) is 58.5 Å². The van der Waals surface area contributed by atoms with Gasteiger partial charge in [-0.05, 0) is 109 Å². The van der Waals surface area contributed by atoms with E-state index in [0.29, 0.717) is 24.3 Å². The monoisotopic (exact) mass is 1200 g/mol. The predicted molar refractivity (Wildman–Crippen MR) is 317 cm³/mol. The number of aliphatic hydroxyl groups excluding tert-OH is 2. The lowest BCUT2D eigenvalue weighted by Crippen LogP contribution is -2.62. The third kappa shape index (κ3) is 27.0. The number of amides is 11. The van der Waals surface area contributed by atoms with Gasteiger partial charge in [-0.25, -0.2) is 0 Å². The molecular formula is C57H99N15O13. The van der Waals surface area contributed by atoms with Gasteiger partial charge in [-0.15, -0.1) is 0 Å². The summed E-state index contributed by atoms with van der Waals surface area (Å²) in [6.45, 7) is 10.9. The second-order valence-corrected chi connectivity index (χ2v) is 22.3. The Labute approximate surface area is 499 Å². The van der Waals surface area contributed by atoms with E-state index in [1.165, 1.54) is 13.8 Å². The van der Waals surface area contributed by atoms with Crippen molar-refractivity contribution < 1.29 is 63.0 Å². The second kappa shape index (κ2) is 39.7. The van der Waals surface area contributed by atoms with E-state index in [0.717, 1.165) is 19.3 Å². The molecular weight excluding hydrogens is 1100 g/mol. The van der Waals surface area contributed by atoms with Crippen LogP contribution in [0.25, 0.3) is 0 Å².